The predicted octanol–water partition coefficient (Wildman–Crippen LogP) is 1.53. The van der Waals surface area contributed by atoms with Crippen LogP contribution in [0.2, 0.25) is 0 Å². The third-order valence-corrected chi connectivity index (χ3v) is 2.66. The molecule has 15 heavy (non-hydrogen) atoms. The molecule has 1 aliphatic rings. The first kappa shape index (κ1) is 10.5. The summed E-state index contributed by atoms with van der Waals surface area (Å²) in [5.74, 6) is 1.46. The van der Waals surface area contributed by atoms with Gasteiger partial charge < -0.3 is 15.2 Å². The van der Waals surface area contributed by atoms with Crippen molar-refractivity contribution in [1.29, 1.82) is 0 Å². The molecule has 0 fully saturated rings. The fourth-order valence-corrected chi connectivity index (χ4v) is 1.90. The van der Waals surface area contributed by atoms with Crippen LogP contribution >= 0.6 is 0 Å². The number of nitrogens with two attached hydrogens (primary N) is 1. The lowest BCUT2D eigenvalue weighted by Gasteiger charge is -2.25. The monoisotopic (exact) mass is 207 g/mol. The fraction of sp³-hybridized carbons (Fsp3) is 0.500. The summed E-state index contributed by atoms with van der Waals surface area (Å²) in [4.78, 5) is 0. The van der Waals surface area contributed by atoms with E-state index in [4.69, 9.17) is 15.2 Å². The van der Waals surface area contributed by atoms with Crippen molar-refractivity contribution in [1.82, 2.24) is 0 Å². The molecule has 1 aromatic carbocycles. The SMILES string of the molecule is NCCOCC1CCOc2ccccc21. The normalized spacial score (nSPS) is 19.4. The zero-order chi connectivity index (χ0) is 10.5. The van der Waals surface area contributed by atoms with Gasteiger partial charge >= 0.3 is 0 Å². The van der Waals surface area contributed by atoms with E-state index in [1.54, 1.807) is 0 Å². The van der Waals surface area contributed by atoms with Gasteiger partial charge in [-0.1, -0.05) is 18.2 Å². The van der Waals surface area contributed by atoms with Crippen molar-refractivity contribution in [3.8, 4) is 5.75 Å². The molecule has 82 valence electrons. The van der Waals surface area contributed by atoms with E-state index in [1.807, 2.05) is 18.2 Å². The van der Waals surface area contributed by atoms with Crippen molar-refractivity contribution in [3.63, 3.8) is 0 Å². The van der Waals surface area contributed by atoms with Gasteiger partial charge in [-0.15, -0.1) is 0 Å². The van der Waals surface area contributed by atoms with Crippen LogP contribution in [0, 0.1) is 0 Å². The minimum absolute atomic E-state index is 0.460. The van der Waals surface area contributed by atoms with E-state index in [0.717, 1.165) is 25.4 Å². The highest BCUT2D eigenvalue weighted by atomic mass is 16.5. The summed E-state index contributed by atoms with van der Waals surface area (Å²) in [6.07, 6.45) is 1.03. The zero-order valence-electron chi connectivity index (χ0n) is 8.82. The smallest absolute Gasteiger partial charge is 0.122 e. The van der Waals surface area contributed by atoms with E-state index < -0.39 is 0 Å². The van der Waals surface area contributed by atoms with Gasteiger partial charge in [0.2, 0.25) is 0 Å². The third kappa shape index (κ3) is 2.49. The minimum atomic E-state index is 0.460. The molecule has 1 heterocycles. The molecular formula is C12H17NO2. The number of fused-ring (bicyclic) bond motifs is 1. The Labute approximate surface area is 90.2 Å². The lowest BCUT2D eigenvalue weighted by molar-refractivity contribution is 0.111. The first-order valence-corrected chi connectivity index (χ1v) is 5.41. The average Bonchev–Trinajstić information content (AvgIpc) is 2.30. The van der Waals surface area contributed by atoms with Gasteiger partial charge in [0.05, 0.1) is 19.8 Å². The number of rotatable bonds is 4. The Hall–Kier alpha value is -1.06. The Balaban J connectivity index is 2.02. The van der Waals surface area contributed by atoms with Crippen molar-refractivity contribution >= 4 is 0 Å². The van der Waals surface area contributed by atoms with Crippen molar-refractivity contribution in [2.45, 2.75) is 12.3 Å². The van der Waals surface area contributed by atoms with Crippen LogP contribution in [0.1, 0.15) is 17.9 Å². The van der Waals surface area contributed by atoms with Gasteiger partial charge in [0.25, 0.3) is 0 Å². The molecule has 1 unspecified atom stereocenters. The van der Waals surface area contributed by atoms with Crippen LogP contribution < -0.4 is 10.5 Å². The Morgan fingerprint density at radius 2 is 2.27 bits per heavy atom. The summed E-state index contributed by atoms with van der Waals surface area (Å²) in [6.45, 7) is 2.76. The second kappa shape index (κ2) is 5.14. The number of hydrogen-bond acceptors (Lipinski definition) is 3. The molecule has 0 amide bonds. The molecular weight excluding hydrogens is 190 g/mol. The van der Waals surface area contributed by atoms with E-state index in [2.05, 4.69) is 6.07 Å². The van der Waals surface area contributed by atoms with E-state index in [9.17, 15) is 0 Å². The third-order valence-electron chi connectivity index (χ3n) is 2.66. The fourth-order valence-electron chi connectivity index (χ4n) is 1.90. The van der Waals surface area contributed by atoms with Crippen molar-refractivity contribution in [3.05, 3.63) is 29.8 Å². The van der Waals surface area contributed by atoms with Crippen LogP contribution in [0.4, 0.5) is 0 Å². The Morgan fingerprint density at radius 3 is 3.13 bits per heavy atom. The minimum Gasteiger partial charge on any atom is -0.493 e. The molecule has 0 saturated heterocycles. The molecule has 1 aliphatic heterocycles. The first-order valence-electron chi connectivity index (χ1n) is 5.41. The van der Waals surface area contributed by atoms with Crippen LogP contribution in [0.25, 0.3) is 0 Å². The predicted molar refractivity (Wildman–Crippen MR) is 59.2 cm³/mol. The second-order valence-corrected chi connectivity index (χ2v) is 3.74. The van der Waals surface area contributed by atoms with Gasteiger partial charge in [-0.25, -0.2) is 0 Å². The highest BCUT2D eigenvalue weighted by Crippen LogP contribution is 2.33. The quantitative estimate of drug-likeness (QED) is 0.761. The molecule has 1 atom stereocenters. The van der Waals surface area contributed by atoms with Gasteiger partial charge in [-0.05, 0) is 18.1 Å². The average molecular weight is 207 g/mol. The highest BCUT2D eigenvalue weighted by Gasteiger charge is 2.20. The maximum Gasteiger partial charge on any atom is 0.122 e. The summed E-state index contributed by atoms with van der Waals surface area (Å²) < 4.78 is 11.1. The number of benzene rings is 1. The number of para-hydroxylation sites is 1. The molecule has 0 bridgehead atoms. The largest absolute Gasteiger partial charge is 0.493 e. The molecule has 3 heteroatoms. The molecule has 0 saturated carbocycles. The van der Waals surface area contributed by atoms with Crippen molar-refractivity contribution in [2.75, 3.05) is 26.4 Å². The van der Waals surface area contributed by atoms with E-state index >= 15 is 0 Å². The van der Waals surface area contributed by atoms with E-state index in [1.165, 1.54) is 5.56 Å². The van der Waals surface area contributed by atoms with Gasteiger partial charge in [0, 0.05) is 12.5 Å². The topological polar surface area (TPSA) is 44.5 Å². The number of ether oxygens (including phenoxy) is 2. The second-order valence-electron chi connectivity index (χ2n) is 3.74. The van der Waals surface area contributed by atoms with Gasteiger partial charge in [0.15, 0.2) is 0 Å². The van der Waals surface area contributed by atoms with Crippen LogP contribution in [0.3, 0.4) is 0 Å². The molecule has 2 N–H and O–H groups in total. The van der Waals surface area contributed by atoms with Crippen molar-refractivity contribution < 1.29 is 9.47 Å². The molecule has 0 aliphatic carbocycles. The number of hydrogen-bond donors (Lipinski definition) is 1. The lowest BCUT2D eigenvalue weighted by Crippen LogP contribution is -2.20. The standard InChI is InChI=1S/C12H17NO2/c13-6-8-14-9-10-5-7-15-12-4-2-1-3-11(10)12/h1-4,10H,5-9,13H2. The summed E-state index contributed by atoms with van der Waals surface area (Å²) in [5.41, 5.74) is 6.65. The summed E-state index contributed by atoms with van der Waals surface area (Å²) in [6, 6.07) is 8.18. The molecule has 3 nitrogen and oxygen atoms in total. The summed E-state index contributed by atoms with van der Waals surface area (Å²) in [5, 5.41) is 0. The Morgan fingerprint density at radius 1 is 1.40 bits per heavy atom. The van der Waals surface area contributed by atoms with E-state index in [0.29, 0.717) is 19.1 Å². The zero-order valence-corrected chi connectivity index (χ0v) is 8.82. The van der Waals surface area contributed by atoms with Crippen LogP contribution in [0.15, 0.2) is 24.3 Å². The maximum absolute atomic E-state index is 5.58. The first-order chi connectivity index (χ1) is 7.42. The molecule has 0 aromatic heterocycles. The van der Waals surface area contributed by atoms with Crippen molar-refractivity contribution in [2.24, 2.45) is 5.73 Å². The molecule has 0 radical (unpaired) electrons. The molecule has 2 rings (SSSR count). The lowest BCUT2D eigenvalue weighted by atomic mass is 9.94. The molecule has 1 aromatic rings. The van der Waals surface area contributed by atoms with Crippen LogP contribution in [0.5, 0.6) is 5.75 Å². The van der Waals surface area contributed by atoms with E-state index in [-0.39, 0.29) is 0 Å². The van der Waals surface area contributed by atoms with Gasteiger partial charge in [-0.2, -0.15) is 0 Å². The van der Waals surface area contributed by atoms with Gasteiger partial charge in [0.1, 0.15) is 5.75 Å². The Kier molecular flexibility index (Phi) is 3.59. The maximum atomic E-state index is 5.58. The van der Waals surface area contributed by atoms with Crippen LogP contribution in [-0.4, -0.2) is 26.4 Å². The van der Waals surface area contributed by atoms with Gasteiger partial charge in [-0.3, -0.25) is 0 Å². The Bertz CT molecular complexity index is 314. The highest BCUT2D eigenvalue weighted by molar-refractivity contribution is 5.37. The summed E-state index contributed by atoms with van der Waals surface area (Å²) >= 11 is 0. The molecule has 0 spiro atoms. The van der Waals surface area contributed by atoms with Crippen LogP contribution in [-0.2, 0) is 4.74 Å². The summed E-state index contributed by atoms with van der Waals surface area (Å²) in [7, 11) is 0.